The lowest BCUT2D eigenvalue weighted by Gasteiger charge is -2.15. The van der Waals surface area contributed by atoms with Crippen LogP contribution in [0, 0.1) is 13.8 Å². The second-order valence-electron chi connectivity index (χ2n) is 5.96. The van der Waals surface area contributed by atoms with E-state index in [0.29, 0.717) is 5.15 Å². The summed E-state index contributed by atoms with van der Waals surface area (Å²) in [7, 11) is 2.10. The van der Waals surface area contributed by atoms with Gasteiger partial charge in [0.2, 0.25) is 0 Å². The van der Waals surface area contributed by atoms with E-state index in [4.69, 9.17) is 11.6 Å². The predicted octanol–water partition coefficient (Wildman–Crippen LogP) is 3.42. The minimum Gasteiger partial charge on any atom is -0.344 e. The number of H-pyrrole nitrogens is 2. The fourth-order valence-corrected chi connectivity index (χ4v) is 2.81. The van der Waals surface area contributed by atoms with Gasteiger partial charge in [-0.2, -0.15) is 5.10 Å². The molecular weight excluding hydrogens is 298 g/mol. The van der Waals surface area contributed by atoms with Crippen LogP contribution in [0.1, 0.15) is 48.2 Å². The molecule has 0 fully saturated rings. The maximum absolute atomic E-state index is 6.23. The maximum atomic E-state index is 6.23. The van der Waals surface area contributed by atoms with Crippen LogP contribution in [0.25, 0.3) is 0 Å². The number of unbranched alkanes of at least 4 members (excludes halogenated alkanes) is 1. The molecule has 0 aliphatic carbocycles. The van der Waals surface area contributed by atoms with Crippen molar-refractivity contribution in [3.05, 3.63) is 33.6 Å². The zero-order chi connectivity index (χ0) is 16.1. The first-order valence-electron chi connectivity index (χ1n) is 7.93. The number of aryl methyl sites for hydroxylation is 3. The van der Waals surface area contributed by atoms with E-state index < -0.39 is 0 Å². The highest BCUT2D eigenvalue weighted by Gasteiger charge is 2.12. The van der Waals surface area contributed by atoms with Gasteiger partial charge in [-0.1, -0.05) is 24.9 Å². The Morgan fingerprint density at radius 2 is 2.00 bits per heavy atom. The summed E-state index contributed by atoms with van der Waals surface area (Å²) in [5, 5.41) is 7.89. The second kappa shape index (κ2) is 7.79. The van der Waals surface area contributed by atoms with Gasteiger partial charge in [0.05, 0.1) is 11.4 Å². The Labute approximate surface area is 137 Å². The van der Waals surface area contributed by atoms with Crippen LogP contribution >= 0.6 is 11.6 Å². The predicted molar refractivity (Wildman–Crippen MR) is 90.3 cm³/mol. The highest BCUT2D eigenvalue weighted by molar-refractivity contribution is 6.30. The summed E-state index contributed by atoms with van der Waals surface area (Å²) in [5.41, 5.74) is 4.57. The molecule has 0 saturated carbocycles. The van der Waals surface area contributed by atoms with Gasteiger partial charge in [-0.15, -0.1) is 0 Å². The topological polar surface area (TPSA) is 60.6 Å². The first-order valence-corrected chi connectivity index (χ1v) is 8.31. The van der Waals surface area contributed by atoms with Crippen molar-refractivity contribution in [1.29, 1.82) is 0 Å². The van der Waals surface area contributed by atoms with Gasteiger partial charge in [-0.05, 0) is 39.3 Å². The van der Waals surface area contributed by atoms with E-state index >= 15 is 0 Å². The molecule has 2 aromatic heterocycles. The number of nitrogens with zero attached hydrogens (tertiary/aromatic N) is 3. The molecule has 122 valence electrons. The van der Waals surface area contributed by atoms with E-state index in [9.17, 15) is 0 Å². The van der Waals surface area contributed by atoms with E-state index in [-0.39, 0.29) is 0 Å². The summed E-state index contributed by atoms with van der Waals surface area (Å²) in [6.07, 6.45) is 4.25. The first kappa shape index (κ1) is 17.0. The molecular formula is C16H26ClN5. The second-order valence-corrected chi connectivity index (χ2v) is 6.31. The van der Waals surface area contributed by atoms with Crippen LogP contribution in [0.2, 0.25) is 5.15 Å². The average Bonchev–Trinajstić information content (AvgIpc) is 2.98. The van der Waals surface area contributed by atoms with Gasteiger partial charge >= 0.3 is 0 Å². The summed E-state index contributed by atoms with van der Waals surface area (Å²) in [6, 6.07) is 0. The highest BCUT2D eigenvalue weighted by atomic mass is 35.5. The Hall–Kier alpha value is -1.33. The Balaban J connectivity index is 1.89. The van der Waals surface area contributed by atoms with E-state index in [2.05, 4.69) is 46.0 Å². The number of rotatable bonds is 8. The van der Waals surface area contributed by atoms with Gasteiger partial charge in [-0.25, -0.2) is 4.98 Å². The molecule has 0 amide bonds. The molecule has 0 saturated heterocycles. The number of imidazole rings is 1. The molecule has 0 aliphatic rings. The minimum atomic E-state index is 0.605. The highest BCUT2D eigenvalue weighted by Crippen LogP contribution is 2.16. The van der Waals surface area contributed by atoms with Crippen LogP contribution in [0.15, 0.2) is 0 Å². The number of hydrogen-bond donors (Lipinski definition) is 2. The number of nitrogens with one attached hydrogen (secondary N) is 2. The van der Waals surface area contributed by atoms with E-state index in [1.165, 1.54) is 5.56 Å². The Bertz CT molecular complexity index is 582. The monoisotopic (exact) mass is 323 g/mol. The molecule has 0 aromatic carbocycles. The van der Waals surface area contributed by atoms with Crippen LogP contribution in [-0.2, 0) is 19.4 Å². The van der Waals surface area contributed by atoms with Crippen molar-refractivity contribution in [2.75, 3.05) is 13.6 Å². The van der Waals surface area contributed by atoms with Crippen molar-refractivity contribution >= 4 is 11.6 Å². The summed E-state index contributed by atoms with van der Waals surface area (Å²) in [5.74, 6) is 0.997. The van der Waals surface area contributed by atoms with Gasteiger partial charge in [0.25, 0.3) is 0 Å². The van der Waals surface area contributed by atoms with Gasteiger partial charge in [0.15, 0.2) is 5.15 Å². The average molecular weight is 324 g/mol. The first-order chi connectivity index (χ1) is 10.5. The molecule has 2 aromatic rings. The Morgan fingerprint density at radius 3 is 2.64 bits per heavy atom. The Morgan fingerprint density at radius 1 is 1.23 bits per heavy atom. The number of aromatic nitrogens is 4. The zero-order valence-electron chi connectivity index (χ0n) is 14.0. The molecule has 0 unspecified atom stereocenters. The number of aromatic amines is 2. The SMILES string of the molecule is CCCCc1nc(Cl)c(CN(C)CCc2c(C)n[nH]c2C)[nH]1. The van der Waals surface area contributed by atoms with Crippen LogP contribution in [0.4, 0.5) is 0 Å². The van der Waals surface area contributed by atoms with Crippen LogP contribution in [0.3, 0.4) is 0 Å². The molecule has 0 spiro atoms. The lowest BCUT2D eigenvalue weighted by atomic mass is 10.1. The van der Waals surface area contributed by atoms with Crippen molar-refractivity contribution in [2.24, 2.45) is 0 Å². The van der Waals surface area contributed by atoms with Crippen LogP contribution in [-0.4, -0.2) is 38.7 Å². The molecule has 22 heavy (non-hydrogen) atoms. The van der Waals surface area contributed by atoms with E-state index in [0.717, 1.165) is 61.7 Å². The van der Waals surface area contributed by atoms with E-state index in [1.807, 2.05) is 6.92 Å². The quantitative estimate of drug-likeness (QED) is 0.782. The third-order valence-corrected chi connectivity index (χ3v) is 4.31. The fourth-order valence-electron chi connectivity index (χ4n) is 2.60. The molecule has 2 rings (SSSR count). The molecule has 0 radical (unpaired) electrons. The zero-order valence-corrected chi connectivity index (χ0v) is 14.7. The van der Waals surface area contributed by atoms with Crippen molar-refractivity contribution in [3.63, 3.8) is 0 Å². The van der Waals surface area contributed by atoms with Crippen molar-refractivity contribution in [3.8, 4) is 0 Å². The van der Waals surface area contributed by atoms with Crippen LogP contribution < -0.4 is 0 Å². The number of likely N-dealkylation sites (N-methyl/N-ethyl adjacent to an activating group) is 1. The molecule has 5 nitrogen and oxygen atoms in total. The van der Waals surface area contributed by atoms with E-state index in [1.54, 1.807) is 0 Å². The summed E-state index contributed by atoms with van der Waals surface area (Å²) >= 11 is 6.23. The molecule has 0 aliphatic heterocycles. The van der Waals surface area contributed by atoms with Crippen LogP contribution in [0.5, 0.6) is 0 Å². The lowest BCUT2D eigenvalue weighted by Crippen LogP contribution is -2.21. The summed E-state index contributed by atoms with van der Waals surface area (Å²) in [4.78, 5) is 10.0. The standard InChI is InChI=1S/C16H26ClN5/c1-5-6-7-15-18-14(16(17)19-15)10-22(4)9-8-13-11(2)20-21-12(13)3/h5-10H2,1-4H3,(H,18,19)(H,20,21). The van der Waals surface area contributed by atoms with Crippen molar-refractivity contribution in [2.45, 2.75) is 53.0 Å². The number of halogens is 1. The molecule has 0 atom stereocenters. The van der Waals surface area contributed by atoms with Gasteiger partial charge in [0.1, 0.15) is 5.82 Å². The van der Waals surface area contributed by atoms with Crippen molar-refractivity contribution in [1.82, 2.24) is 25.1 Å². The van der Waals surface area contributed by atoms with Crippen molar-refractivity contribution < 1.29 is 0 Å². The molecule has 6 heteroatoms. The third kappa shape index (κ3) is 4.34. The lowest BCUT2D eigenvalue weighted by molar-refractivity contribution is 0.327. The normalized spacial score (nSPS) is 11.5. The number of hydrogen-bond acceptors (Lipinski definition) is 3. The van der Waals surface area contributed by atoms with Gasteiger partial charge in [0, 0.05) is 25.2 Å². The molecule has 2 N–H and O–H groups in total. The smallest absolute Gasteiger partial charge is 0.151 e. The maximum Gasteiger partial charge on any atom is 0.151 e. The third-order valence-electron chi connectivity index (χ3n) is 4.00. The molecule has 2 heterocycles. The molecule has 0 bridgehead atoms. The van der Waals surface area contributed by atoms with Gasteiger partial charge in [-0.3, -0.25) is 5.10 Å². The fraction of sp³-hybridized carbons (Fsp3) is 0.625. The Kier molecular flexibility index (Phi) is 6.03. The largest absolute Gasteiger partial charge is 0.344 e. The van der Waals surface area contributed by atoms with Gasteiger partial charge < -0.3 is 9.88 Å². The summed E-state index contributed by atoms with van der Waals surface area (Å²) in [6.45, 7) is 8.04. The summed E-state index contributed by atoms with van der Waals surface area (Å²) < 4.78 is 0. The minimum absolute atomic E-state index is 0.605.